The zero-order chi connectivity index (χ0) is 15.5. The molecular formula is C15H20N2O4. The summed E-state index contributed by atoms with van der Waals surface area (Å²) in [7, 11) is 3.17. The Kier molecular flexibility index (Phi) is 8.05. The van der Waals surface area contributed by atoms with Gasteiger partial charge in [0.25, 0.3) is 5.91 Å². The van der Waals surface area contributed by atoms with Crippen LogP contribution in [0, 0.1) is 11.8 Å². The number of methoxy groups -OCH3 is 2. The number of hydrogen-bond acceptors (Lipinski definition) is 5. The third-order valence-corrected chi connectivity index (χ3v) is 2.77. The van der Waals surface area contributed by atoms with E-state index in [9.17, 15) is 4.79 Å². The van der Waals surface area contributed by atoms with Crippen molar-refractivity contribution in [2.45, 2.75) is 0 Å². The third-order valence-electron chi connectivity index (χ3n) is 2.77. The normalized spacial score (nSPS) is 9.86. The topological polar surface area (TPSA) is 71.9 Å². The van der Waals surface area contributed by atoms with Crippen molar-refractivity contribution in [3.05, 3.63) is 29.6 Å². The lowest BCUT2D eigenvalue weighted by Crippen LogP contribution is -2.36. The van der Waals surface area contributed by atoms with E-state index in [0.29, 0.717) is 37.4 Å². The summed E-state index contributed by atoms with van der Waals surface area (Å²) in [6, 6.07) is 1.62. The zero-order valence-corrected chi connectivity index (χ0v) is 12.3. The zero-order valence-electron chi connectivity index (χ0n) is 12.3. The van der Waals surface area contributed by atoms with Gasteiger partial charge in [0.15, 0.2) is 0 Å². The molecule has 0 aliphatic heterocycles. The third kappa shape index (κ3) is 5.52. The summed E-state index contributed by atoms with van der Waals surface area (Å²) < 4.78 is 10.1. The molecule has 0 saturated carbocycles. The Labute approximate surface area is 124 Å². The number of hydrogen-bond donors (Lipinski definition) is 1. The lowest BCUT2D eigenvalue weighted by molar-refractivity contribution is 0.0627. The molecule has 1 amide bonds. The molecule has 0 spiro atoms. The average molecular weight is 292 g/mol. The Balaban J connectivity index is 2.96. The maximum absolute atomic E-state index is 12.6. The molecule has 0 aromatic carbocycles. The van der Waals surface area contributed by atoms with E-state index in [1.165, 1.54) is 6.20 Å². The molecule has 0 aliphatic carbocycles. The number of nitrogens with zero attached hydrogens (tertiary/aromatic N) is 2. The van der Waals surface area contributed by atoms with E-state index in [1.807, 2.05) is 0 Å². The largest absolute Gasteiger partial charge is 0.384 e. The Morgan fingerprint density at radius 1 is 1.33 bits per heavy atom. The Morgan fingerprint density at radius 2 is 2.00 bits per heavy atom. The van der Waals surface area contributed by atoms with Gasteiger partial charge in [-0.05, 0) is 6.07 Å². The fraction of sp³-hybridized carbons (Fsp3) is 0.467. The van der Waals surface area contributed by atoms with Gasteiger partial charge in [-0.1, -0.05) is 11.8 Å². The quantitative estimate of drug-likeness (QED) is 0.725. The second-order valence-electron chi connectivity index (χ2n) is 4.16. The van der Waals surface area contributed by atoms with Gasteiger partial charge < -0.3 is 19.5 Å². The van der Waals surface area contributed by atoms with Crippen LogP contribution in [0.2, 0.25) is 0 Å². The number of rotatable bonds is 7. The molecule has 0 radical (unpaired) electrons. The van der Waals surface area contributed by atoms with Crippen LogP contribution in [-0.4, -0.2) is 68.0 Å². The molecule has 6 heteroatoms. The predicted molar refractivity (Wildman–Crippen MR) is 77.9 cm³/mol. The fourth-order valence-electron chi connectivity index (χ4n) is 1.70. The van der Waals surface area contributed by atoms with Crippen molar-refractivity contribution in [2.75, 3.05) is 47.1 Å². The van der Waals surface area contributed by atoms with Gasteiger partial charge in [0.05, 0.1) is 24.3 Å². The second-order valence-corrected chi connectivity index (χ2v) is 4.16. The van der Waals surface area contributed by atoms with Crippen molar-refractivity contribution in [1.29, 1.82) is 0 Å². The minimum absolute atomic E-state index is 0.159. The van der Waals surface area contributed by atoms with Crippen molar-refractivity contribution >= 4 is 5.91 Å². The summed E-state index contributed by atoms with van der Waals surface area (Å²) in [4.78, 5) is 18.2. The highest BCUT2D eigenvalue weighted by Gasteiger charge is 2.18. The molecular weight excluding hydrogens is 272 g/mol. The smallest absolute Gasteiger partial charge is 0.255 e. The van der Waals surface area contributed by atoms with Crippen molar-refractivity contribution in [2.24, 2.45) is 0 Å². The minimum Gasteiger partial charge on any atom is -0.384 e. The van der Waals surface area contributed by atoms with E-state index in [1.54, 1.807) is 31.4 Å². The molecule has 0 bridgehead atoms. The van der Waals surface area contributed by atoms with Crippen LogP contribution in [0.1, 0.15) is 15.9 Å². The maximum Gasteiger partial charge on any atom is 0.255 e. The number of aliphatic hydroxyl groups excluding tert-OH is 1. The standard InChI is InChI=1S/C15H20N2O4/c1-20-10-7-17(8-11-21-2)15(19)14-5-6-16-12-13(14)4-3-9-18/h5-6,12,18H,7-11H2,1-2H3. The second kappa shape index (κ2) is 9.88. The summed E-state index contributed by atoms with van der Waals surface area (Å²) in [6.45, 7) is 1.55. The van der Waals surface area contributed by atoms with E-state index < -0.39 is 0 Å². The SMILES string of the molecule is COCCN(CCOC)C(=O)c1ccncc1C#CCO. The highest BCUT2D eigenvalue weighted by Crippen LogP contribution is 2.09. The lowest BCUT2D eigenvalue weighted by Gasteiger charge is -2.22. The van der Waals surface area contributed by atoms with Crippen LogP contribution in [0.25, 0.3) is 0 Å². The first-order valence-electron chi connectivity index (χ1n) is 6.55. The van der Waals surface area contributed by atoms with E-state index in [2.05, 4.69) is 16.8 Å². The van der Waals surface area contributed by atoms with E-state index in [4.69, 9.17) is 14.6 Å². The van der Waals surface area contributed by atoms with Gasteiger partial charge in [-0.2, -0.15) is 0 Å². The molecule has 0 atom stereocenters. The molecule has 1 heterocycles. The van der Waals surface area contributed by atoms with Gasteiger partial charge in [-0.3, -0.25) is 9.78 Å². The Morgan fingerprint density at radius 3 is 2.57 bits per heavy atom. The van der Waals surface area contributed by atoms with E-state index in [0.717, 1.165) is 0 Å². The van der Waals surface area contributed by atoms with Crippen molar-refractivity contribution in [3.8, 4) is 11.8 Å². The first-order valence-corrected chi connectivity index (χ1v) is 6.55. The van der Waals surface area contributed by atoms with Crippen LogP contribution in [0.4, 0.5) is 0 Å². The molecule has 0 unspecified atom stereocenters. The molecule has 1 N–H and O–H groups in total. The number of aliphatic hydroxyl groups is 1. The van der Waals surface area contributed by atoms with Gasteiger partial charge in [-0.15, -0.1) is 0 Å². The number of amides is 1. The number of carbonyl (C=O) groups excluding carboxylic acids is 1. The number of ether oxygens (including phenoxy) is 2. The average Bonchev–Trinajstić information content (AvgIpc) is 2.52. The number of aromatic nitrogens is 1. The van der Waals surface area contributed by atoms with Crippen LogP contribution in [0.15, 0.2) is 18.5 Å². The highest BCUT2D eigenvalue weighted by atomic mass is 16.5. The minimum atomic E-state index is -0.264. The summed E-state index contributed by atoms with van der Waals surface area (Å²) in [5, 5.41) is 8.78. The molecule has 0 saturated heterocycles. The van der Waals surface area contributed by atoms with Gasteiger partial charge >= 0.3 is 0 Å². The Bertz CT molecular complexity index is 500. The van der Waals surface area contributed by atoms with Crippen LogP contribution < -0.4 is 0 Å². The van der Waals surface area contributed by atoms with Crippen LogP contribution >= 0.6 is 0 Å². The first-order chi connectivity index (χ1) is 10.2. The lowest BCUT2D eigenvalue weighted by atomic mass is 10.1. The van der Waals surface area contributed by atoms with Gasteiger partial charge in [-0.25, -0.2) is 0 Å². The van der Waals surface area contributed by atoms with E-state index >= 15 is 0 Å². The molecule has 6 nitrogen and oxygen atoms in total. The molecule has 1 rings (SSSR count). The van der Waals surface area contributed by atoms with Crippen LogP contribution in [0.3, 0.4) is 0 Å². The van der Waals surface area contributed by atoms with Crippen LogP contribution in [0.5, 0.6) is 0 Å². The van der Waals surface area contributed by atoms with E-state index in [-0.39, 0.29) is 12.5 Å². The van der Waals surface area contributed by atoms with Gasteiger partial charge in [0.2, 0.25) is 0 Å². The monoisotopic (exact) mass is 292 g/mol. The van der Waals surface area contributed by atoms with Crippen molar-refractivity contribution in [1.82, 2.24) is 9.88 Å². The van der Waals surface area contributed by atoms with Gasteiger partial charge in [0, 0.05) is 39.7 Å². The predicted octanol–water partition coefficient (Wildman–Crippen LogP) is 0.160. The van der Waals surface area contributed by atoms with Crippen LogP contribution in [-0.2, 0) is 9.47 Å². The molecule has 21 heavy (non-hydrogen) atoms. The molecule has 0 aliphatic rings. The molecule has 0 fully saturated rings. The van der Waals surface area contributed by atoms with Crippen molar-refractivity contribution < 1.29 is 19.4 Å². The fourth-order valence-corrected chi connectivity index (χ4v) is 1.70. The summed E-state index contributed by atoms with van der Waals surface area (Å²) >= 11 is 0. The Hall–Kier alpha value is -1.94. The maximum atomic E-state index is 12.6. The summed E-state index contributed by atoms with van der Waals surface area (Å²) in [5.74, 6) is 5.11. The number of pyridine rings is 1. The molecule has 1 aromatic rings. The van der Waals surface area contributed by atoms with Gasteiger partial charge in [0.1, 0.15) is 6.61 Å². The number of carbonyl (C=O) groups is 1. The highest BCUT2D eigenvalue weighted by molar-refractivity contribution is 5.96. The summed E-state index contributed by atoms with van der Waals surface area (Å²) in [5.41, 5.74) is 0.953. The first kappa shape index (κ1) is 17.1. The molecule has 114 valence electrons. The van der Waals surface area contributed by atoms with Crippen molar-refractivity contribution in [3.63, 3.8) is 0 Å². The molecule has 1 aromatic heterocycles. The summed E-state index contributed by atoms with van der Waals surface area (Å²) in [6.07, 6.45) is 3.06.